The highest BCUT2D eigenvalue weighted by Crippen LogP contribution is 2.43. The van der Waals surface area contributed by atoms with Gasteiger partial charge in [-0.3, -0.25) is 4.99 Å². The van der Waals surface area contributed by atoms with Gasteiger partial charge < -0.3 is 30.0 Å². The van der Waals surface area contributed by atoms with Gasteiger partial charge in [0.25, 0.3) is 0 Å². The molecule has 0 radical (unpaired) electrons. The number of hydrogen-bond donors (Lipinski definition) is 3. The van der Waals surface area contributed by atoms with Crippen LogP contribution in [-0.4, -0.2) is 50.3 Å². The van der Waals surface area contributed by atoms with E-state index in [1.807, 2.05) is 80.6 Å². The van der Waals surface area contributed by atoms with E-state index in [1.165, 1.54) is 7.11 Å². The van der Waals surface area contributed by atoms with Crippen LogP contribution in [0.15, 0.2) is 84.0 Å². The molecule has 0 aliphatic rings. The number of anilines is 3. The van der Waals surface area contributed by atoms with Gasteiger partial charge in [0.2, 0.25) is 0 Å². The number of fused-ring (bicyclic) bond motifs is 1. The number of rotatable bonds is 11. The number of allylic oxidation sites excluding steroid dienone is 1. The maximum atomic E-state index is 13.4. The fourth-order valence-corrected chi connectivity index (χ4v) is 6.09. The van der Waals surface area contributed by atoms with E-state index in [0.717, 1.165) is 22.0 Å². The highest BCUT2D eigenvalue weighted by Gasteiger charge is 2.26. The molecule has 0 spiro atoms. The number of hydrogen-bond acceptors (Lipinski definition) is 7. The van der Waals surface area contributed by atoms with Crippen LogP contribution in [-0.2, 0) is 9.98 Å². The van der Waals surface area contributed by atoms with Crippen molar-refractivity contribution in [3.05, 3.63) is 84.6 Å². The number of nitrogens with one attached hydrogen (secondary N) is 3. The number of urea groups is 1. The molecule has 0 atom stereocenters. The number of benzene rings is 3. The average Bonchev–Trinajstić information content (AvgIpc) is 3.00. The molecule has 0 saturated carbocycles. The molecule has 2 amide bonds. The largest absolute Gasteiger partial charge is 0.494 e. The first-order chi connectivity index (χ1) is 21.8. The third-order valence-electron chi connectivity index (χ3n) is 7.23. The fourth-order valence-electron chi connectivity index (χ4n) is 4.94. The first-order valence-electron chi connectivity index (χ1n) is 15.3. The normalized spacial score (nSPS) is 12.3. The molecule has 46 heavy (non-hydrogen) atoms. The monoisotopic (exact) mass is 647 g/mol. The number of pyridine rings is 1. The van der Waals surface area contributed by atoms with Crippen LogP contribution in [0.5, 0.6) is 17.2 Å². The van der Waals surface area contributed by atoms with Crippen LogP contribution in [0.3, 0.4) is 0 Å². The van der Waals surface area contributed by atoms with E-state index in [2.05, 4.69) is 46.7 Å². The number of methoxy groups -OCH3 is 1. The third-order valence-corrected chi connectivity index (χ3v) is 8.72. The van der Waals surface area contributed by atoms with Crippen LogP contribution >= 0.6 is 7.14 Å². The lowest BCUT2D eigenvalue weighted by Gasteiger charge is -2.25. The predicted molar refractivity (Wildman–Crippen MR) is 199 cm³/mol. The minimum atomic E-state index is -2.72. The second-order valence-electron chi connectivity index (χ2n) is 12.2. The van der Waals surface area contributed by atoms with E-state index in [-0.39, 0.29) is 9.69 Å². The molecule has 0 fully saturated rings. The van der Waals surface area contributed by atoms with Crippen molar-refractivity contribution >= 4 is 52.2 Å². The Morgan fingerprint density at radius 1 is 1.02 bits per heavy atom. The summed E-state index contributed by atoms with van der Waals surface area (Å²) in [4.78, 5) is 22.3. The van der Waals surface area contributed by atoms with Crippen molar-refractivity contribution < 1.29 is 23.1 Å². The maximum Gasteiger partial charge on any atom is 0.323 e. The van der Waals surface area contributed by atoms with Gasteiger partial charge in [0, 0.05) is 33.9 Å². The molecule has 0 saturated heterocycles. The number of aliphatic imine (C=N–C) groups is 1. The van der Waals surface area contributed by atoms with Crippen LogP contribution in [0.1, 0.15) is 44.5 Å². The van der Waals surface area contributed by atoms with Crippen LogP contribution in [0, 0.1) is 0 Å². The van der Waals surface area contributed by atoms with Crippen molar-refractivity contribution in [3.63, 3.8) is 0 Å². The van der Waals surface area contributed by atoms with Gasteiger partial charge in [-0.05, 0) is 74.6 Å². The summed E-state index contributed by atoms with van der Waals surface area (Å²) in [5.41, 5.74) is 2.70. The molecular formula is C36H50N5O4P. The maximum absolute atomic E-state index is 13.4. The number of amides is 2. The summed E-state index contributed by atoms with van der Waals surface area (Å²) in [5, 5.41) is 11.4. The van der Waals surface area contributed by atoms with Gasteiger partial charge in [0.1, 0.15) is 24.5 Å². The summed E-state index contributed by atoms with van der Waals surface area (Å²) in [5.74, 6) is 2.31. The number of carbonyl (C=O) groups is 1. The van der Waals surface area contributed by atoms with E-state index < -0.39 is 13.2 Å². The smallest absolute Gasteiger partial charge is 0.323 e. The molecule has 10 heteroatoms. The van der Waals surface area contributed by atoms with Gasteiger partial charge in [-0.2, -0.15) is 0 Å². The first kappa shape index (κ1) is 34.3. The predicted octanol–water partition coefficient (Wildman–Crippen LogP) is 9.41. The molecule has 0 aliphatic heterocycles. The molecular weight excluding hydrogens is 597 g/mol. The van der Waals surface area contributed by atoms with Gasteiger partial charge in [0.15, 0.2) is 5.75 Å². The Bertz CT molecular complexity index is 1840. The second kappa shape index (κ2) is 14.6. The molecule has 3 aromatic carbocycles. The van der Waals surface area contributed by atoms with E-state index in [1.54, 1.807) is 25.6 Å². The van der Waals surface area contributed by atoms with Crippen molar-refractivity contribution in [1.29, 1.82) is 0 Å². The zero-order valence-corrected chi connectivity index (χ0v) is 28.8. The topological polar surface area (TPSA) is 114 Å². The minimum absolute atomic E-state index is 0. The highest BCUT2D eigenvalue weighted by atomic mass is 31.2. The Hall–Kier alpha value is -4.62. The van der Waals surface area contributed by atoms with Gasteiger partial charge in [-0.15, -0.1) is 0 Å². The molecule has 1 aromatic heterocycles. The van der Waals surface area contributed by atoms with E-state index in [0.29, 0.717) is 52.8 Å². The lowest BCUT2D eigenvalue weighted by atomic mass is 9.86. The van der Waals surface area contributed by atoms with Crippen LogP contribution < -0.4 is 30.7 Å². The molecule has 3 N–H and O–H groups in total. The van der Waals surface area contributed by atoms with E-state index >= 15 is 0 Å². The van der Waals surface area contributed by atoms with Gasteiger partial charge in [0.05, 0.1) is 36.0 Å². The first-order valence-corrected chi connectivity index (χ1v) is 17.9. The number of carbonyl (C=O) groups excluding carboxylic acids is 1. The average molecular weight is 648 g/mol. The van der Waals surface area contributed by atoms with Crippen LogP contribution in [0.2, 0.25) is 0 Å². The lowest BCUT2D eigenvalue weighted by molar-refractivity contribution is 0.262. The zero-order chi connectivity index (χ0) is 33.5. The zero-order valence-electron chi connectivity index (χ0n) is 27.9. The SMILES string of the molecule is C/C=C\C(CNc1cc(Oc2ccc(NC(=O)Nc3cc(C(C)(C)C)cc(P(C)(C)=O)c3OC)c3ccccc23)ccn1)=NCC.[HH].[HH].[HH]. The molecule has 248 valence electrons. The molecule has 9 nitrogen and oxygen atoms in total. The third kappa shape index (κ3) is 8.55. The Morgan fingerprint density at radius 2 is 1.74 bits per heavy atom. The fraction of sp³-hybridized carbons (Fsp3) is 0.306. The molecule has 4 rings (SSSR count). The van der Waals surface area contributed by atoms with E-state index in [4.69, 9.17) is 9.47 Å². The van der Waals surface area contributed by atoms with Crippen molar-refractivity contribution in [2.45, 2.75) is 40.0 Å². The summed E-state index contributed by atoms with van der Waals surface area (Å²) in [6.45, 7) is 14.8. The molecule has 1 heterocycles. The second-order valence-corrected chi connectivity index (χ2v) is 15.4. The highest BCUT2D eigenvalue weighted by molar-refractivity contribution is 7.70. The van der Waals surface area contributed by atoms with Crippen molar-refractivity contribution in [2.75, 3.05) is 49.5 Å². The van der Waals surface area contributed by atoms with Crippen molar-refractivity contribution in [2.24, 2.45) is 4.99 Å². The summed E-state index contributed by atoms with van der Waals surface area (Å²) >= 11 is 0. The Morgan fingerprint density at radius 3 is 2.39 bits per heavy atom. The molecule has 0 aliphatic carbocycles. The van der Waals surface area contributed by atoms with Crippen LogP contribution in [0.4, 0.5) is 22.0 Å². The molecule has 0 bridgehead atoms. The Labute approximate surface area is 276 Å². The van der Waals surface area contributed by atoms with Gasteiger partial charge >= 0.3 is 6.03 Å². The summed E-state index contributed by atoms with van der Waals surface area (Å²) in [7, 11) is -1.20. The lowest BCUT2D eigenvalue weighted by Crippen LogP contribution is -2.23. The van der Waals surface area contributed by atoms with Crippen molar-refractivity contribution in [3.8, 4) is 17.2 Å². The van der Waals surface area contributed by atoms with Crippen molar-refractivity contribution in [1.82, 2.24) is 4.98 Å². The van der Waals surface area contributed by atoms with Gasteiger partial charge in [-0.1, -0.05) is 51.1 Å². The molecule has 0 unspecified atom stereocenters. The summed E-state index contributed by atoms with van der Waals surface area (Å²) in [6, 6.07) is 18.3. The Balaban J connectivity index is 0.00000400. The number of ether oxygens (including phenoxy) is 2. The van der Waals surface area contributed by atoms with Crippen LogP contribution in [0.25, 0.3) is 10.8 Å². The van der Waals surface area contributed by atoms with Gasteiger partial charge in [-0.25, -0.2) is 9.78 Å². The minimum Gasteiger partial charge on any atom is -0.494 e. The Kier molecular flexibility index (Phi) is 10.9. The molecule has 4 aromatic rings. The van der Waals surface area contributed by atoms with E-state index in [9.17, 15) is 9.36 Å². The summed E-state index contributed by atoms with van der Waals surface area (Å²) in [6.07, 6.45) is 5.63. The standard InChI is InChI=1S/C36H44N5O4P.3H2/c1-9-13-25(37-10-2)23-39-33-22-26(18-19-38-33)45-31-17-16-29(27-14-11-12-15-28(27)31)40-35(42)41-30-20-24(36(3,4)5)21-32(34(30)44-6)46(7,8)43;;;/h9,11-22H,10,23H2,1-8H3,(H,38,39)(H2,40,41,42);3*1H/b13-9-,37-25?;;;. The quantitative estimate of drug-likeness (QED) is 0.110. The number of aromatic nitrogens is 1. The number of nitrogens with zero attached hydrogens (tertiary/aromatic N) is 2. The summed E-state index contributed by atoms with van der Waals surface area (Å²) < 4.78 is 25.2.